The Bertz CT molecular complexity index is 374. The highest BCUT2D eigenvalue weighted by molar-refractivity contribution is 6.35. The number of benzene rings is 1. The zero-order valence-corrected chi connectivity index (χ0v) is 9.07. The molecule has 1 heterocycles. The lowest BCUT2D eigenvalue weighted by Crippen LogP contribution is -2.08. The van der Waals surface area contributed by atoms with Gasteiger partial charge in [0, 0.05) is 18.0 Å². The second-order valence-corrected chi connectivity index (χ2v) is 4.02. The van der Waals surface area contributed by atoms with Crippen molar-refractivity contribution in [3.63, 3.8) is 0 Å². The lowest BCUT2D eigenvalue weighted by atomic mass is 10.3. The van der Waals surface area contributed by atoms with Crippen LogP contribution in [0.5, 0.6) is 0 Å². The molecular weight excluding hydrogens is 219 g/mol. The highest BCUT2D eigenvalue weighted by atomic mass is 35.5. The van der Waals surface area contributed by atoms with Crippen LogP contribution in [0.3, 0.4) is 0 Å². The number of amidine groups is 1. The average molecular weight is 229 g/mol. The van der Waals surface area contributed by atoms with E-state index in [-0.39, 0.29) is 0 Å². The van der Waals surface area contributed by atoms with Crippen LogP contribution in [0.1, 0.15) is 12.8 Å². The minimum atomic E-state index is 0.670. The van der Waals surface area contributed by atoms with E-state index in [0.717, 1.165) is 30.9 Å². The number of rotatable bonds is 1. The molecule has 1 aromatic rings. The van der Waals surface area contributed by atoms with Crippen LogP contribution in [0.4, 0.5) is 5.69 Å². The van der Waals surface area contributed by atoms with Crippen LogP contribution in [-0.2, 0) is 0 Å². The van der Waals surface area contributed by atoms with Crippen molar-refractivity contribution in [2.24, 2.45) is 4.99 Å². The van der Waals surface area contributed by atoms with E-state index in [9.17, 15) is 0 Å². The molecule has 0 amide bonds. The summed E-state index contributed by atoms with van der Waals surface area (Å²) < 4.78 is 0. The Hall–Kier alpha value is -0.730. The van der Waals surface area contributed by atoms with E-state index in [2.05, 4.69) is 10.3 Å². The Morgan fingerprint density at radius 1 is 1.29 bits per heavy atom. The van der Waals surface area contributed by atoms with E-state index in [1.54, 1.807) is 12.1 Å². The molecule has 0 saturated carbocycles. The number of halogens is 2. The van der Waals surface area contributed by atoms with Crippen molar-refractivity contribution in [3.8, 4) is 0 Å². The highest BCUT2D eigenvalue weighted by Gasteiger charge is 2.08. The van der Waals surface area contributed by atoms with Crippen LogP contribution in [0, 0.1) is 0 Å². The van der Waals surface area contributed by atoms with Crippen molar-refractivity contribution in [2.75, 3.05) is 11.9 Å². The molecule has 1 N–H and O–H groups in total. The first kappa shape index (κ1) is 9.81. The maximum absolute atomic E-state index is 6.00. The lowest BCUT2D eigenvalue weighted by Gasteiger charge is -2.07. The molecule has 0 unspecified atom stereocenters. The van der Waals surface area contributed by atoms with E-state index < -0.39 is 0 Å². The zero-order chi connectivity index (χ0) is 9.97. The molecular formula is C10H10Cl2N2. The summed E-state index contributed by atoms with van der Waals surface area (Å²) >= 11 is 11.9. The van der Waals surface area contributed by atoms with Crippen LogP contribution in [0.2, 0.25) is 10.0 Å². The van der Waals surface area contributed by atoms with Crippen LogP contribution in [0.25, 0.3) is 0 Å². The van der Waals surface area contributed by atoms with Crippen LogP contribution >= 0.6 is 23.2 Å². The first-order valence-corrected chi connectivity index (χ1v) is 5.27. The van der Waals surface area contributed by atoms with E-state index in [1.165, 1.54) is 0 Å². The quantitative estimate of drug-likeness (QED) is 0.781. The molecule has 0 spiro atoms. The van der Waals surface area contributed by atoms with Crippen molar-refractivity contribution in [1.29, 1.82) is 0 Å². The SMILES string of the molecule is Clc1ccc(Cl)c(NC2=NCCC2)c1. The van der Waals surface area contributed by atoms with Crippen molar-refractivity contribution in [2.45, 2.75) is 12.8 Å². The maximum Gasteiger partial charge on any atom is 0.101 e. The summed E-state index contributed by atoms with van der Waals surface area (Å²) in [5, 5.41) is 4.53. The molecule has 0 atom stereocenters. The molecule has 0 bridgehead atoms. The van der Waals surface area contributed by atoms with Crippen molar-refractivity contribution >= 4 is 34.7 Å². The molecule has 0 radical (unpaired) electrons. The lowest BCUT2D eigenvalue weighted by molar-refractivity contribution is 0.951. The summed E-state index contributed by atoms with van der Waals surface area (Å²) in [5.74, 6) is 0.995. The van der Waals surface area contributed by atoms with Gasteiger partial charge in [0.05, 0.1) is 10.7 Å². The van der Waals surface area contributed by atoms with Gasteiger partial charge in [0.1, 0.15) is 5.84 Å². The molecule has 1 aromatic carbocycles. The van der Waals surface area contributed by atoms with Gasteiger partial charge >= 0.3 is 0 Å². The third-order valence-electron chi connectivity index (χ3n) is 2.08. The topological polar surface area (TPSA) is 24.4 Å². The van der Waals surface area contributed by atoms with Gasteiger partial charge in [-0.15, -0.1) is 0 Å². The number of nitrogens with one attached hydrogen (secondary N) is 1. The molecule has 0 aliphatic carbocycles. The predicted octanol–water partition coefficient (Wildman–Crippen LogP) is 3.60. The van der Waals surface area contributed by atoms with Gasteiger partial charge in [0.25, 0.3) is 0 Å². The normalized spacial score (nSPS) is 15.4. The fourth-order valence-corrected chi connectivity index (χ4v) is 1.73. The number of anilines is 1. The third-order valence-corrected chi connectivity index (χ3v) is 2.65. The average Bonchev–Trinajstić information content (AvgIpc) is 2.64. The molecule has 2 nitrogen and oxygen atoms in total. The number of hydrogen-bond donors (Lipinski definition) is 1. The second-order valence-electron chi connectivity index (χ2n) is 3.18. The Morgan fingerprint density at radius 2 is 2.14 bits per heavy atom. The van der Waals surface area contributed by atoms with Gasteiger partial charge in [-0.3, -0.25) is 4.99 Å². The van der Waals surface area contributed by atoms with Gasteiger partial charge < -0.3 is 5.32 Å². The molecule has 1 aliphatic heterocycles. The molecule has 14 heavy (non-hydrogen) atoms. The molecule has 74 valence electrons. The number of nitrogens with zero attached hydrogens (tertiary/aromatic N) is 1. The van der Waals surface area contributed by atoms with Crippen molar-refractivity contribution in [1.82, 2.24) is 0 Å². The Kier molecular flexibility index (Phi) is 2.94. The smallest absolute Gasteiger partial charge is 0.101 e. The highest BCUT2D eigenvalue weighted by Crippen LogP contribution is 2.26. The molecule has 0 aromatic heterocycles. The summed E-state index contributed by atoms with van der Waals surface area (Å²) in [6, 6.07) is 5.36. The fraction of sp³-hybridized carbons (Fsp3) is 0.300. The summed E-state index contributed by atoms with van der Waals surface area (Å²) in [5.41, 5.74) is 0.833. The van der Waals surface area contributed by atoms with Gasteiger partial charge in [-0.1, -0.05) is 23.2 Å². The zero-order valence-electron chi connectivity index (χ0n) is 7.56. The first-order chi connectivity index (χ1) is 6.75. The van der Waals surface area contributed by atoms with Crippen LogP contribution in [0.15, 0.2) is 23.2 Å². The molecule has 0 saturated heterocycles. The summed E-state index contributed by atoms with van der Waals surface area (Å²) in [7, 11) is 0. The van der Waals surface area contributed by atoms with Crippen molar-refractivity contribution in [3.05, 3.63) is 28.2 Å². The molecule has 4 heteroatoms. The van der Waals surface area contributed by atoms with E-state index >= 15 is 0 Å². The monoisotopic (exact) mass is 228 g/mol. The molecule has 2 rings (SSSR count). The molecule has 1 aliphatic rings. The van der Waals surface area contributed by atoms with E-state index in [4.69, 9.17) is 23.2 Å². The largest absolute Gasteiger partial charge is 0.343 e. The summed E-state index contributed by atoms with van der Waals surface area (Å²) in [4.78, 5) is 4.31. The van der Waals surface area contributed by atoms with Crippen LogP contribution in [-0.4, -0.2) is 12.4 Å². The minimum absolute atomic E-state index is 0.670. The maximum atomic E-state index is 6.00. The van der Waals surface area contributed by atoms with Crippen molar-refractivity contribution < 1.29 is 0 Å². The minimum Gasteiger partial charge on any atom is -0.343 e. The molecule has 0 fully saturated rings. The second kappa shape index (κ2) is 4.20. The van der Waals surface area contributed by atoms with Gasteiger partial charge in [0.2, 0.25) is 0 Å². The standard InChI is InChI=1S/C10H10Cl2N2/c11-7-3-4-8(12)9(6-7)14-10-2-1-5-13-10/h3-4,6H,1-2,5H2,(H,13,14). The summed E-state index contributed by atoms with van der Waals surface area (Å²) in [6.07, 6.45) is 2.10. The first-order valence-electron chi connectivity index (χ1n) is 4.51. The Morgan fingerprint density at radius 3 is 2.86 bits per heavy atom. The van der Waals surface area contributed by atoms with E-state index in [1.807, 2.05) is 6.07 Å². The van der Waals surface area contributed by atoms with Crippen LogP contribution < -0.4 is 5.32 Å². The van der Waals surface area contributed by atoms with Gasteiger partial charge in [-0.25, -0.2) is 0 Å². The fourth-order valence-electron chi connectivity index (χ4n) is 1.39. The number of aliphatic imine (C=N–C) groups is 1. The number of hydrogen-bond acceptors (Lipinski definition) is 2. The summed E-state index contributed by atoms with van der Waals surface area (Å²) in [6.45, 7) is 0.903. The van der Waals surface area contributed by atoms with Gasteiger partial charge in [-0.2, -0.15) is 0 Å². The third kappa shape index (κ3) is 2.20. The Balaban J connectivity index is 2.19. The Labute approximate surface area is 92.9 Å². The van der Waals surface area contributed by atoms with Gasteiger partial charge in [-0.05, 0) is 24.6 Å². The predicted molar refractivity (Wildman–Crippen MR) is 61.6 cm³/mol. The van der Waals surface area contributed by atoms with Gasteiger partial charge in [0.15, 0.2) is 0 Å². The van der Waals surface area contributed by atoms with E-state index in [0.29, 0.717) is 10.0 Å².